The van der Waals surface area contributed by atoms with Gasteiger partial charge in [-0.05, 0) is 30.7 Å². The standard InChI is InChI=1S/C22H36O5/c1-16(9-8-14-27-15-18-10-6-5-7-11-18)20(25)17(2)21(26)22(3,4)19(24)12-13-23/h5-7,10-11,16-17,19-20,23-25H,8-9,12-15H2,1-4H3. The van der Waals surface area contributed by atoms with Gasteiger partial charge in [0.15, 0.2) is 0 Å². The van der Waals surface area contributed by atoms with Gasteiger partial charge >= 0.3 is 0 Å². The average molecular weight is 381 g/mol. The predicted octanol–water partition coefficient (Wildman–Crippen LogP) is 2.96. The van der Waals surface area contributed by atoms with Crippen LogP contribution in [-0.2, 0) is 16.1 Å². The molecular weight excluding hydrogens is 344 g/mol. The van der Waals surface area contributed by atoms with Crippen LogP contribution in [0.4, 0.5) is 0 Å². The lowest BCUT2D eigenvalue weighted by molar-refractivity contribution is -0.142. The van der Waals surface area contributed by atoms with Crippen molar-refractivity contribution in [2.45, 2.75) is 65.8 Å². The maximum Gasteiger partial charge on any atom is 0.146 e. The number of hydrogen-bond donors (Lipinski definition) is 3. The topological polar surface area (TPSA) is 87.0 Å². The molecule has 1 aromatic carbocycles. The average Bonchev–Trinajstić information content (AvgIpc) is 2.66. The van der Waals surface area contributed by atoms with E-state index < -0.39 is 23.5 Å². The van der Waals surface area contributed by atoms with Crippen LogP contribution in [0.1, 0.15) is 52.5 Å². The van der Waals surface area contributed by atoms with Crippen molar-refractivity contribution in [3.8, 4) is 0 Å². The molecule has 0 bridgehead atoms. The quantitative estimate of drug-likeness (QED) is 0.458. The van der Waals surface area contributed by atoms with Gasteiger partial charge in [-0.2, -0.15) is 0 Å². The van der Waals surface area contributed by atoms with E-state index in [0.29, 0.717) is 13.2 Å². The molecule has 0 aliphatic heterocycles. The van der Waals surface area contributed by atoms with Crippen molar-refractivity contribution in [2.75, 3.05) is 13.2 Å². The van der Waals surface area contributed by atoms with Gasteiger partial charge in [-0.1, -0.05) is 58.0 Å². The number of aliphatic hydroxyl groups excluding tert-OH is 3. The molecule has 0 spiro atoms. The highest BCUT2D eigenvalue weighted by molar-refractivity contribution is 5.87. The highest BCUT2D eigenvalue weighted by Gasteiger charge is 2.40. The van der Waals surface area contributed by atoms with Crippen molar-refractivity contribution in [2.24, 2.45) is 17.3 Å². The first-order valence-corrected chi connectivity index (χ1v) is 9.84. The fourth-order valence-corrected chi connectivity index (χ4v) is 3.32. The van der Waals surface area contributed by atoms with E-state index in [1.165, 1.54) is 0 Å². The molecule has 0 amide bonds. The van der Waals surface area contributed by atoms with Gasteiger partial charge in [-0.25, -0.2) is 0 Å². The number of carbonyl (C=O) groups is 1. The largest absolute Gasteiger partial charge is 0.396 e. The van der Waals surface area contributed by atoms with Crippen molar-refractivity contribution in [1.29, 1.82) is 0 Å². The second-order valence-corrected chi connectivity index (χ2v) is 8.05. The molecule has 0 saturated carbocycles. The zero-order valence-corrected chi connectivity index (χ0v) is 17.1. The van der Waals surface area contributed by atoms with Gasteiger partial charge in [0, 0.05) is 24.5 Å². The zero-order valence-electron chi connectivity index (χ0n) is 17.1. The highest BCUT2D eigenvalue weighted by atomic mass is 16.5. The van der Waals surface area contributed by atoms with E-state index in [1.54, 1.807) is 20.8 Å². The Kier molecular flexibility index (Phi) is 10.2. The minimum absolute atomic E-state index is 0.0462. The summed E-state index contributed by atoms with van der Waals surface area (Å²) in [6, 6.07) is 9.97. The number of ketones is 1. The van der Waals surface area contributed by atoms with Crippen LogP contribution in [0.15, 0.2) is 30.3 Å². The molecule has 0 aliphatic rings. The van der Waals surface area contributed by atoms with Crippen LogP contribution in [0.25, 0.3) is 0 Å². The van der Waals surface area contributed by atoms with Crippen molar-refractivity contribution < 1.29 is 24.9 Å². The molecule has 5 nitrogen and oxygen atoms in total. The van der Waals surface area contributed by atoms with Gasteiger partial charge in [0.1, 0.15) is 5.78 Å². The van der Waals surface area contributed by atoms with Crippen molar-refractivity contribution in [3.05, 3.63) is 35.9 Å². The molecule has 0 radical (unpaired) electrons. The highest BCUT2D eigenvalue weighted by Crippen LogP contribution is 2.31. The number of aliphatic hydroxyl groups is 3. The van der Waals surface area contributed by atoms with E-state index in [1.807, 2.05) is 37.3 Å². The number of hydrogen-bond acceptors (Lipinski definition) is 5. The van der Waals surface area contributed by atoms with Crippen molar-refractivity contribution >= 4 is 5.78 Å². The lowest BCUT2D eigenvalue weighted by Crippen LogP contribution is -2.45. The minimum atomic E-state index is -0.998. The summed E-state index contributed by atoms with van der Waals surface area (Å²) < 4.78 is 5.67. The van der Waals surface area contributed by atoms with E-state index >= 15 is 0 Å². The fourth-order valence-electron chi connectivity index (χ4n) is 3.32. The van der Waals surface area contributed by atoms with Crippen molar-refractivity contribution in [3.63, 3.8) is 0 Å². The third-order valence-corrected chi connectivity index (χ3v) is 5.44. The molecule has 5 heteroatoms. The van der Waals surface area contributed by atoms with Crippen LogP contribution in [0.3, 0.4) is 0 Å². The Morgan fingerprint density at radius 1 is 1.11 bits per heavy atom. The molecule has 0 aliphatic carbocycles. The Bertz CT molecular complexity index is 543. The molecule has 0 fully saturated rings. The Morgan fingerprint density at radius 2 is 1.74 bits per heavy atom. The first kappa shape index (κ1) is 23.8. The first-order chi connectivity index (χ1) is 12.7. The van der Waals surface area contributed by atoms with Crippen LogP contribution in [0.2, 0.25) is 0 Å². The van der Waals surface area contributed by atoms with Gasteiger partial charge in [0.25, 0.3) is 0 Å². The van der Waals surface area contributed by atoms with Crippen LogP contribution in [-0.4, -0.2) is 46.5 Å². The van der Waals surface area contributed by atoms with Gasteiger partial charge in [-0.3, -0.25) is 4.79 Å². The smallest absolute Gasteiger partial charge is 0.146 e. The van der Waals surface area contributed by atoms with Gasteiger partial charge in [-0.15, -0.1) is 0 Å². The summed E-state index contributed by atoms with van der Waals surface area (Å²) in [6.45, 7) is 7.99. The van der Waals surface area contributed by atoms with Gasteiger partial charge in [0.2, 0.25) is 0 Å². The lowest BCUT2D eigenvalue weighted by Gasteiger charge is -2.34. The Balaban J connectivity index is 2.40. The van der Waals surface area contributed by atoms with E-state index in [2.05, 4.69) is 0 Å². The molecule has 154 valence electrons. The molecule has 27 heavy (non-hydrogen) atoms. The summed E-state index contributed by atoms with van der Waals surface area (Å²) in [7, 11) is 0. The summed E-state index contributed by atoms with van der Waals surface area (Å²) in [4.78, 5) is 12.7. The Morgan fingerprint density at radius 3 is 2.33 bits per heavy atom. The Hall–Kier alpha value is -1.27. The molecule has 3 N–H and O–H groups in total. The van der Waals surface area contributed by atoms with E-state index in [9.17, 15) is 15.0 Å². The summed E-state index contributed by atoms with van der Waals surface area (Å²) >= 11 is 0. The van der Waals surface area contributed by atoms with Gasteiger partial charge < -0.3 is 20.1 Å². The molecule has 4 atom stereocenters. The molecule has 1 aromatic rings. The second-order valence-electron chi connectivity index (χ2n) is 8.05. The Labute approximate surface area is 163 Å². The number of rotatable bonds is 13. The molecule has 4 unspecified atom stereocenters. The second kappa shape index (κ2) is 11.5. The third kappa shape index (κ3) is 7.34. The third-order valence-electron chi connectivity index (χ3n) is 5.44. The zero-order chi connectivity index (χ0) is 20.4. The summed E-state index contributed by atoms with van der Waals surface area (Å²) in [5.74, 6) is -0.799. The molecule has 0 heterocycles. The molecule has 1 rings (SSSR count). The summed E-state index contributed by atoms with van der Waals surface area (Å²) in [6.07, 6.45) is 0.0181. The lowest BCUT2D eigenvalue weighted by atomic mass is 9.73. The van der Waals surface area contributed by atoms with E-state index in [0.717, 1.165) is 18.4 Å². The number of carbonyl (C=O) groups excluding carboxylic acids is 1. The van der Waals surface area contributed by atoms with Crippen LogP contribution in [0.5, 0.6) is 0 Å². The monoisotopic (exact) mass is 380 g/mol. The number of ether oxygens (including phenoxy) is 1. The predicted molar refractivity (Wildman–Crippen MR) is 106 cm³/mol. The molecular formula is C22H36O5. The molecule has 0 saturated heterocycles. The van der Waals surface area contributed by atoms with E-state index in [-0.39, 0.29) is 24.7 Å². The maximum absolute atomic E-state index is 12.7. The number of benzene rings is 1. The maximum atomic E-state index is 12.7. The number of Topliss-reactive ketones (excluding diaryl/α,β-unsaturated/α-hetero) is 1. The fraction of sp³-hybridized carbons (Fsp3) is 0.682. The first-order valence-electron chi connectivity index (χ1n) is 9.84. The van der Waals surface area contributed by atoms with Gasteiger partial charge in [0.05, 0.1) is 18.8 Å². The normalized spacial score (nSPS) is 16.6. The van der Waals surface area contributed by atoms with Crippen LogP contribution >= 0.6 is 0 Å². The SMILES string of the molecule is CC(CCCOCc1ccccc1)C(O)C(C)C(=O)C(C)(C)C(O)CCO. The molecule has 0 aromatic heterocycles. The van der Waals surface area contributed by atoms with Crippen LogP contribution in [0, 0.1) is 17.3 Å². The van der Waals surface area contributed by atoms with Crippen molar-refractivity contribution in [1.82, 2.24) is 0 Å². The minimum Gasteiger partial charge on any atom is -0.396 e. The summed E-state index contributed by atoms with van der Waals surface area (Å²) in [5.41, 5.74) is 0.134. The summed E-state index contributed by atoms with van der Waals surface area (Å²) in [5, 5.41) is 29.7. The van der Waals surface area contributed by atoms with E-state index in [4.69, 9.17) is 9.84 Å². The van der Waals surface area contributed by atoms with Crippen LogP contribution < -0.4 is 0 Å².